The van der Waals surface area contributed by atoms with Gasteiger partial charge in [0.25, 0.3) is 5.91 Å². The van der Waals surface area contributed by atoms with Crippen LogP contribution in [-0.4, -0.2) is 47.3 Å². The molecule has 0 saturated carbocycles. The number of hydrogen-bond acceptors (Lipinski definition) is 7. The van der Waals surface area contributed by atoms with Gasteiger partial charge in [0.2, 0.25) is 0 Å². The average molecular weight is 470 g/mol. The minimum absolute atomic E-state index is 0.0294. The SMILES string of the molecule is CCOc1ccc(NC(=O)NC(=O)COC(=O)c2cncn2-c2ccc(F)cc2)cc1OCC. The van der Waals surface area contributed by atoms with Crippen LogP contribution in [0.3, 0.4) is 0 Å². The van der Waals surface area contributed by atoms with Crippen molar-refractivity contribution < 1.29 is 33.0 Å². The van der Waals surface area contributed by atoms with Crippen molar-refractivity contribution in [1.29, 1.82) is 0 Å². The lowest BCUT2D eigenvalue weighted by Crippen LogP contribution is -2.37. The van der Waals surface area contributed by atoms with Crippen LogP contribution >= 0.6 is 0 Å². The number of nitrogens with zero attached hydrogens (tertiary/aromatic N) is 2. The molecule has 0 aliphatic heterocycles. The van der Waals surface area contributed by atoms with Crippen molar-refractivity contribution in [3.05, 3.63) is 66.5 Å². The molecular formula is C23H23FN4O6. The van der Waals surface area contributed by atoms with Crippen LogP contribution in [0.4, 0.5) is 14.9 Å². The fourth-order valence-corrected chi connectivity index (χ4v) is 2.91. The molecule has 11 heteroatoms. The summed E-state index contributed by atoms with van der Waals surface area (Å²) in [6, 6.07) is 9.37. The largest absolute Gasteiger partial charge is 0.490 e. The van der Waals surface area contributed by atoms with Crippen molar-refractivity contribution in [1.82, 2.24) is 14.9 Å². The summed E-state index contributed by atoms with van der Waals surface area (Å²) in [6.07, 6.45) is 2.60. The van der Waals surface area contributed by atoms with E-state index >= 15 is 0 Å². The summed E-state index contributed by atoms with van der Waals surface area (Å²) in [5.74, 6) is -1.14. The number of esters is 1. The lowest BCUT2D eigenvalue weighted by atomic mass is 10.2. The quantitative estimate of drug-likeness (QED) is 0.460. The standard InChI is InChI=1S/C23H23FN4O6/c1-3-32-19-10-7-16(11-20(19)33-4-2)26-23(31)27-21(29)13-34-22(30)18-12-25-14-28(18)17-8-5-15(24)6-9-17/h5-12,14H,3-4,13H2,1-2H3,(H2,26,27,29,31). The molecule has 0 spiro atoms. The van der Waals surface area contributed by atoms with E-state index in [1.807, 2.05) is 13.8 Å². The summed E-state index contributed by atoms with van der Waals surface area (Å²) in [6.45, 7) is 3.80. The number of carbonyl (C=O) groups excluding carboxylic acids is 3. The number of carbonyl (C=O) groups is 3. The summed E-state index contributed by atoms with van der Waals surface area (Å²) in [4.78, 5) is 40.5. The molecule has 2 N–H and O–H groups in total. The molecule has 2 aromatic carbocycles. The highest BCUT2D eigenvalue weighted by Crippen LogP contribution is 2.30. The molecule has 3 amide bonds. The van der Waals surface area contributed by atoms with Gasteiger partial charge >= 0.3 is 12.0 Å². The third-order valence-electron chi connectivity index (χ3n) is 4.34. The van der Waals surface area contributed by atoms with Crippen molar-refractivity contribution in [2.45, 2.75) is 13.8 Å². The van der Waals surface area contributed by atoms with Crippen LogP contribution in [0.25, 0.3) is 5.69 Å². The topological polar surface area (TPSA) is 121 Å². The molecule has 34 heavy (non-hydrogen) atoms. The van der Waals surface area contributed by atoms with Crippen molar-refractivity contribution >= 4 is 23.6 Å². The average Bonchev–Trinajstić information content (AvgIpc) is 3.30. The number of imide groups is 1. The van der Waals surface area contributed by atoms with Crippen LogP contribution in [0, 0.1) is 5.82 Å². The first-order chi connectivity index (χ1) is 16.4. The van der Waals surface area contributed by atoms with Crippen molar-refractivity contribution in [2.24, 2.45) is 0 Å². The number of urea groups is 1. The summed E-state index contributed by atoms with van der Waals surface area (Å²) >= 11 is 0. The Morgan fingerprint density at radius 2 is 1.71 bits per heavy atom. The third-order valence-corrected chi connectivity index (χ3v) is 4.34. The highest BCUT2D eigenvalue weighted by atomic mass is 19.1. The molecule has 0 saturated heterocycles. The van der Waals surface area contributed by atoms with Crippen LogP contribution in [-0.2, 0) is 9.53 Å². The summed E-state index contributed by atoms with van der Waals surface area (Å²) < 4.78 is 30.5. The van der Waals surface area contributed by atoms with E-state index in [4.69, 9.17) is 14.2 Å². The van der Waals surface area contributed by atoms with E-state index in [0.717, 1.165) is 0 Å². The number of amides is 3. The predicted molar refractivity (Wildman–Crippen MR) is 120 cm³/mol. The monoisotopic (exact) mass is 470 g/mol. The Morgan fingerprint density at radius 1 is 1.00 bits per heavy atom. The van der Waals surface area contributed by atoms with Crippen molar-refractivity contribution in [2.75, 3.05) is 25.1 Å². The van der Waals surface area contributed by atoms with E-state index in [9.17, 15) is 18.8 Å². The third kappa shape index (κ3) is 6.31. The van der Waals surface area contributed by atoms with Crippen LogP contribution in [0.5, 0.6) is 11.5 Å². The van der Waals surface area contributed by atoms with Gasteiger partial charge in [-0.25, -0.2) is 19.0 Å². The van der Waals surface area contributed by atoms with Gasteiger partial charge in [0, 0.05) is 17.4 Å². The Bertz CT molecular complexity index is 1160. The van der Waals surface area contributed by atoms with Gasteiger partial charge in [-0.1, -0.05) is 0 Å². The first-order valence-electron chi connectivity index (χ1n) is 10.4. The molecule has 1 aromatic heterocycles. The minimum atomic E-state index is -0.842. The zero-order valence-corrected chi connectivity index (χ0v) is 18.5. The van der Waals surface area contributed by atoms with Gasteiger partial charge < -0.3 is 19.5 Å². The number of benzene rings is 2. The Hall–Kier alpha value is -4.41. The number of halogens is 1. The molecular weight excluding hydrogens is 447 g/mol. The van der Waals surface area contributed by atoms with E-state index in [0.29, 0.717) is 36.1 Å². The number of aromatic nitrogens is 2. The molecule has 0 fully saturated rings. The van der Waals surface area contributed by atoms with E-state index in [-0.39, 0.29) is 5.69 Å². The van der Waals surface area contributed by atoms with E-state index in [1.165, 1.54) is 41.4 Å². The number of ether oxygens (including phenoxy) is 3. The highest BCUT2D eigenvalue weighted by molar-refractivity contribution is 6.02. The Kier molecular flexibility index (Phi) is 8.16. The number of imidazole rings is 1. The van der Waals surface area contributed by atoms with Gasteiger partial charge in [-0.15, -0.1) is 0 Å². The molecule has 1 heterocycles. The van der Waals surface area contributed by atoms with Gasteiger partial charge in [0.15, 0.2) is 23.8 Å². The van der Waals surface area contributed by atoms with E-state index < -0.39 is 30.3 Å². The van der Waals surface area contributed by atoms with Gasteiger partial charge in [-0.2, -0.15) is 0 Å². The van der Waals surface area contributed by atoms with Gasteiger partial charge in [0.1, 0.15) is 5.82 Å². The van der Waals surface area contributed by atoms with Crippen molar-refractivity contribution in [3.63, 3.8) is 0 Å². The molecule has 0 bridgehead atoms. The molecule has 0 radical (unpaired) electrons. The molecule has 0 unspecified atom stereocenters. The molecule has 0 aliphatic carbocycles. The minimum Gasteiger partial charge on any atom is -0.490 e. The highest BCUT2D eigenvalue weighted by Gasteiger charge is 2.17. The lowest BCUT2D eigenvalue weighted by molar-refractivity contribution is -0.123. The van der Waals surface area contributed by atoms with Gasteiger partial charge in [-0.05, 0) is 50.2 Å². The van der Waals surface area contributed by atoms with E-state index in [1.54, 1.807) is 18.2 Å². The number of hydrogen-bond donors (Lipinski definition) is 2. The summed E-state index contributed by atoms with van der Waals surface area (Å²) in [5, 5.41) is 4.57. The summed E-state index contributed by atoms with van der Waals surface area (Å²) in [5.41, 5.74) is 0.885. The lowest BCUT2D eigenvalue weighted by Gasteiger charge is -2.13. The van der Waals surface area contributed by atoms with Crippen LogP contribution in [0.2, 0.25) is 0 Å². The molecule has 10 nitrogen and oxygen atoms in total. The van der Waals surface area contributed by atoms with E-state index in [2.05, 4.69) is 15.6 Å². The predicted octanol–water partition coefficient (Wildman–Crippen LogP) is 3.31. The Morgan fingerprint density at radius 3 is 2.41 bits per heavy atom. The normalized spacial score (nSPS) is 10.3. The van der Waals surface area contributed by atoms with Gasteiger partial charge in [0.05, 0.1) is 25.7 Å². The smallest absolute Gasteiger partial charge is 0.357 e. The maximum atomic E-state index is 13.1. The number of nitrogens with one attached hydrogen (secondary N) is 2. The number of rotatable bonds is 9. The van der Waals surface area contributed by atoms with Gasteiger partial charge in [-0.3, -0.25) is 14.7 Å². The zero-order chi connectivity index (χ0) is 24.5. The van der Waals surface area contributed by atoms with Crippen molar-refractivity contribution in [3.8, 4) is 17.2 Å². The first-order valence-corrected chi connectivity index (χ1v) is 10.4. The fourth-order valence-electron chi connectivity index (χ4n) is 2.91. The summed E-state index contributed by atoms with van der Waals surface area (Å²) in [7, 11) is 0. The Balaban J connectivity index is 1.54. The maximum absolute atomic E-state index is 13.1. The molecule has 3 rings (SSSR count). The Labute approximate surface area is 194 Å². The zero-order valence-electron chi connectivity index (χ0n) is 18.5. The second-order valence-corrected chi connectivity index (χ2v) is 6.73. The number of anilines is 1. The van der Waals surface area contributed by atoms with Crippen LogP contribution in [0.15, 0.2) is 55.0 Å². The van der Waals surface area contributed by atoms with Crippen LogP contribution < -0.4 is 20.1 Å². The first kappa shape index (κ1) is 24.2. The second-order valence-electron chi connectivity index (χ2n) is 6.73. The maximum Gasteiger partial charge on any atom is 0.357 e. The second kappa shape index (κ2) is 11.5. The molecule has 0 aliphatic rings. The molecule has 3 aromatic rings. The van der Waals surface area contributed by atoms with Crippen LogP contribution in [0.1, 0.15) is 24.3 Å². The molecule has 178 valence electrons. The fraction of sp³-hybridized carbons (Fsp3) is 0.217. The molecule has 0 atom stereocenters.